The zero-order valence-corrected chi connectivity index (χ0v) is 11.3. The zero-order valence-electron chi connectivity index (χ0n) is 11.3. The van der Waals surface area contributed by atoms with Crippen molar-refractivity contribution in [2.24, 2.45) is 0 Å². The first-order valence-electron chi connectivity index (χ1n) is 6.43. The molecule has 1 saturated heterocycles. The Balaban J connectivity index is 2.34. The van der Waals surface area contributed by atoms with E-state index in [0.29, 0.717) is 36.4 Å². The van der Waals surface area contributed by atoms with Crippen molar-refractivity contribution >= 4 is 11.9 Å². The van der Waals surface area contributed by atoms with Crippen LogP contribution in [-0.2, 0) is 4.79 Å². The number of hydrogen-bond acceptors (Lipinski definition) is 4. The molecule has 0 saturated carbocycles. The van der Waals surface area contributed by atoms with Gasteiger partial charge in [-0.3, -0.25) is 4.79 Å². The summed E-state index contributed by atoms with van der Waals surface area (Å²) in [7, 11) is 0. The normalized spacial score (nSPS) is 19.2. The molecule has 6 heteroatoms. The lowest BCUT2D eigenvalue weighted by atomic mass is 10.0. The summed E-state index contributed by atoms with van der Waals surface area (Å²) >= 11 is 0. The number of aliphatic carboxylic acids is 1. The molecule has 2 heterocycles. The number of aryl methyl sites for hydroxylation is 1. The standard InChI is InChI=1S/C13H18N2O4/c1-7(2)11-10(8(3)14-19-11)12(16)15-6-4-5-9(15)13(17)18/h7,9H,4-6H2,1-3H3,(H,17,18). The molecule has 0 spiro atoms. The van der Waals surface area contributed by atoms with Crippen molar-refractivity contribution in [1.29, 1.82) is 0 Å². The van der Waals surface area contributed by atoms with E-state index in [0.717, 1.165) is 0 Å². The summed E-state index contributed by atoms with van der Waals surface area (Å²) in [5.41, 5.74) is 0.938. The summed E-state index contributed by atoms with van der Waals surface area (Å²) in [6.07, 6.45) is 1.21. The van der Waals surface area contributed by atoms with Gasteiger partial charge >= 0.3 is 5.97 Å². The number of likely N-dealkylation sites (tertiary alicyclic amines) is 1. The summed E-state index contributed by atoms with van der Waals surface area (Å²) in [4.78, 5) is 25.1. The van der Waals surface area contributed by atoms with Crippen LogP contribution in [0.15, 0.2) is 4.52 Å². The van der Waals surface area contributed by atoms with Crippen LogP contribution in [-0.4, -0.2) is 39.6 Å². The van der Waals surface area contributed by atoms with E-state index in [9.17, 15) is 9.59 Å². The SMILES string of the molecule is Cc1noc(C(C)C)c1C(=O)N1CCCC1C(=O)O. The van der Waals surface area contributed by atoms with Crippen LogP contribution in [0.4, 0.5) is 0 Å². The molecule has 1 aliphatic rings. The quantitative estimate of drug-likeness (QED) is 0.901. The largest absolute Gasteiger partial charge is 0.480 e. The van der Waals surface area contributed by atoms with Gasteiger partial charge in [-0.1, -0.05) is 19.0 Å². The van der Waals surface area contributed by atoms with Crippen LogP contribution in [0.25, 0.3) is 0 Å². The maximum atomic E-state index is 12.5. The fourth-order valence-corrected chi connectivity index (χ4v) is 2.45. The lowest BCUT2D eigenvalue weighted by Gasteiger charge is -2.21. The third kappa shape index (κ3) is 2.34. The Hall–Kier alpha value is -1.85. The summed E-state index contributed by atoms with van der Waals surface area (Å²) in [5.74, 6) is -0.678. The monoisotopic (exact) mass is 266 g/mol. The van der Waals surface area contributed by atoms with Crippen molar-refractivity contribution in [3.8, 4) is 0 Å². The van der Waals surface area contributed by atoms with Crippen molar-refractivity contribution in [3.05, 3.63) is 17.0 Å². The number of rotatable bonds is 3. The molecule has 104 valence electrons. The molecule has 2 rings (SSSR count). The second kappa shape index (κ2) is 5.03. The van der Waals surface area contributed by atoms with Crippen LogP contribution in [0.5, 0.6) is 0 Å². The van der Waals surface area contributed by atoms with Gasteiger partial charge in [-0.05, 0) is 19.8 Å². The Morgan fingerprint density at radius 2 is 2.16 bits per heavy atom. The first-order chi connectivity index (χ1) is 8.93. The van der Waals surface area contributed by atoms with Crippen LogP contribution in [0, 0.1) is 6.92 Å². The number of nitrogens with zero attached hydrogens (tertiary/aromatic N) is 2. The number of hydrogen-bond donors (Lipinski definition) is 1. The van der Waals surface area contributed by atoms with Gasteiger partial charge in [0.15, 0.2) is 5.76 Å². The minimum absolute atomic E-state index is 0.0334. The minimum Gasteiger partial charge on any atom is -0.480 e. The average molecular weight is 266 g/mol. The van der Waals surface area contributed by atoms with E-state index in [-0.39, 0.29) is 11.8 Å². The number of aromatic nitrogens is 1. The summed E-state index contributed by atoms with van der Waals surface area (Å²) in [6.45, 7) is 6.00. The van der Waals surface area contributed by atoms with Gasteiger partial charge in [0.1, 0.15) is 11.6 Å². The van der Waals surface area contributed by atoms with Crippen molar-refractivity contribution in [3.63, 3.8) is 0 Å². The predicted octanol–water partition coefficient (Wildman–Crippen LogP) is 1.80. The Bertz CT molecular complexity index is 507. The maximum absolute atomic E-state index is 12.5. The van der Waals surface area contributed by atoms with Crippen LogP contribution >= 0.6 is 0 Å². The van der Waals surface area contributed by atoms with Gasteiger partial charge in [0.25, 0.3) is 5.91 Å². The molecule has 0 bridgehead atoms. The zero-order chi connectivity index (χ0) is 14.2. The Kier molecular flexibility index (Phi) is 3.59. The van der Waals surface area contributed by atoms with Gasteiger partial charge in [0, 0.05) is 12.5 Å². The second-order valence-electron chi connectivity index (χ2n) is 5.16. The lowest BCUT2D eigenvalue weighted by Crippen LogP contribution is -2.40. The molecule has 0 aromatic carbocycles. The molecule has 1 fully saturated rings. The van der Waals surface area contributed by atoms with Crippen molar-refractivity contribution < 1.29 is 19.2 Å². The third-order valence-electron chi connectivity index (χ3n) is 3.43. The van der Waals surface area contributed by atoms with Crippen LogP contribution < -0.4 is 0 Å². The maximum Gasteiger partial charge on any atom is 0.326 e. The molecule has 1 N–H and O–H groups in total. The number of carboxylic acid groups (broad SMARTS) is 1. The van der Waals surface area contributed by atoms with E-state index in [1.807, 2.05) is 13.8 Å². The van der Waals surface area contributed by atoms with Crippen LogP contribution in [0.1, 0.15) is 54.4 Å². The molecule has 1 aromatic heterocycles. The summed E-state index contributed by atoms with van der Waals surface area (Å²) in [6, 6.07) is -0.734. The predicted molar refractivity (Wildman–Crippen MR) is 67.0 cm³/mol. The van der Waals surface area contributed by atoms with Gasteiger partial charge in [-0.25, -0.2) is 4.79 Å². The smallest absolute Gasteiger partial charge is 0.326 e. The molecule has 19 heavy (non-hydrogen) atoms. The Morgan fingerprint density at radius 1 is 1.47 bits per heavy atom. The molecule has 1 amide bonds. The van der Waals surface area contributed by atoms with E-state index in [4.69, 9.17) is 9.63 Å². The van der Waals surface area contributed by atoms with E-state index in [1.165, 1.54) is 4.90 Å². The highest BCUT2D eigenvalue weighted by molar-refractivity contribution is 5.98. The molecule has 0 radical (unpaired) electrons. The van der Waals surface area contributed by atoms with Gasteiger partial charge in [0.2, 0.25) is 0 Å². The summed E-state index contributed by atoms with van der Waals surface area (Å²) < 4.78 is 5.19. The molecule has 1 atom stereocenters. The Labute approximate surface area is 111 Å². The first-order valence-corrected chi connectivity index (χ1v) is 6.43. The van der Waals surface area contributed by atoms with Crippen molar-refractivity contribution in [2.45, 2.75) is 45.6 Å². The van der Waals surface area contributed by atoms with E-state index >= 15 is 0 Å². The Morgan fingerprint density at radius 3 is 2.74 bits per heavy atom. The van der Waals surface area contributed by atoms with Crippen LogP contribution in [0.2, 0.25) is 0 Å². The highest BCUT2D eigenvalue weighted by Crippen LogP contribution is 2.27. The fourth-order valence-electron chi connectivity index (χ4n) is 2.45. The first kappa shape index (κ1) is 13.6. The molecule has 1 aliphatic heterocycles. The number of carbonyl (C=O) groups excluding carboxylic acids is 1. The van der Waals surface area contributed by atoms with Gasteiger partial charge < -0.3 is 14.5 Å². The molecule has 0 aliphatic carbocycles. The van der Waals surface area contributed by atoms with Gasteiger partial charge in [0.05, 0.1) is 5.69 Å². The average Bonchev–Trinajstić information content (AvgIpc) is 2.93. The van der Waals surface area contributed by atoms with Crippen molar-refractivity contribution in [1.82, 2.24) is 10.1 Å². The van der Waals surface area contributed by atoms with Crippen molar-refractivity contribution in [2.75, 3.05) is 6.54 Å². The topological polar surface area (TPSA) is 83.6 Å². The highest BCUT2D eigenvalue weighted by atomic mass is 16.5. The third-order valence-corrected chi connectivity index (χ3v) is 3.43. The van der Waals surface area contributed by atoms with E-state index < -0.39 is 12.0 Å². The number of amides is 1. The second-order valence-corrected chi connectivity index (χ2v) is 5.16. The van der Waals surface area contributed by atoms with E-state index in [1.54, 1.807) is 6.92 Å². The molecule has 6 nitrogen and oxygen atoms in total. The minimum atomic E-state index is -0.953. The van der Waals surface area contributed by atoms with Gasteiger partial charge in [-0.15, -0.1) is 0 Å². The highest BCUT2D eigenvalue weighted by Gasteiger charge is 2.37. The number of carboxylic acids is 1. The van der Waals surface area contributed by atoms with E-state index in [2.05, 4.69) is 5.16 Å². The summed E-state index contributed by atoms with van der Waals surface area (Å²) in [5, 5.41) is 13.0. The molecular weight excluding hydrogens is 248 g/mol. The number of carbonyl (C=O) groups is 2. The lowest BCUT2D eigenvalue weighted by molar-refractivity contribution is -0.141. The van der Waals surface area contributed by atoms with Gasteiger partial charge in [-0.2, -0.15) is 0 Å². The van der Waals surface area contributed by atoms with Crippen LogP contribution in [0.3, 0.4) is 0 Å². The molecule has 1 aromatic rings. The fraction of sp³-hybridized carbons (Fsp3) is 0.615. The molecule has 1 unspecified atom stereocenters. The molecular formula is C13H18N2O4.